The van der Waals surface area contributed by atoms with Crippen LogP contribution in [0.25, 0.3) is 11.4 Å². The topological polar surface area (TPSA) is 59.8 Å². The molecule has 0 aliphatic carbocycles. The Morgan fingerprint density at radius 2 is 1.89 bits per heavy atom. The summed E-state index contributed by atoms with van der Waals surface area (Å²) < 4.78 is 2.07. The Bertz CT molecular complexity index is 954. The number of anilines is 1. The molecule has 5 nitrogen and oxygen atoms in total. The number of thiophene rings is 1. The van der Waals surface area contributed by atoms with E-state index in [9.17, 15) is 4.79 Å². The predicted octanol–water partition coefficient (Wildman–Crippen LogP) is 5.50. The van der Waals surface area contributed by atoms with Crippen molar-refractivity contribution in [3.05, 3.63) is 45.6 Å². The average Bonchev–Trinajstić information content (AvgIpc) is 3.25. The molecule has 0 aliphatic rings. The summed E-state index contributed by atoms with van der Waals surface area (Å²) in [6, 6.07) is 8.23. The molecule has 0 unspecified atom stereocenters. The quantitative estimate of drug-likeness (QED) is 0.519. The van der Waals surface area contributed by atoms with E-state index in [0.717, 1.165) is 39.9 Å². The normalized spacial score (nSPS) is 11.2. The minimum Gasteiger partial charge on any atom is -0.325 e. The molecule has 1 amide bonds. The lowest BCUT2D eigenvalue weighted by molar-refractivity contribution is -0.113. The number of aromatic nitrogens is 3. The molecule has 7 heteroatoms. The van der Waals surface area contributed by atoms with Gasteiger partial charge in [0.2, 0.25) is 5.91 Å². The van der Waals surface area contributed by atoms with Crippen molar-refractivity contribution in [1.29, 1.82) is 0 Å². The van der Waals surface area contributed by atoms with Gasteiger partial charge in [0.25, 0.3) is 0 Å². The molecule has 148 valence electrons. The molecule has 0 saturated carbocycles. The summed E-state index contributed by atoms with van der Waals surface area (Å²) >= 11 is 3.17. The Labute approximate surface area is 174 Å². The molecule has 0 bridgehead atoms. The van der Waals surface area contributed by atoms with Crippen LogP contribution in [0.5, 0.6) is 0 Å². The van der Waals surface area contributed by atoms with E-state index in [1.165, 1.54) is 16.6 Å². The molecular formula is C21H26N4OS2. The Morgan fingerprint density at radius 1 is 1.18 bits per heavy atom. The van der Waals surface area contributed by atoms with Crippen LogP contribution in [0.4, 0.5) is 5.69 Å². The highest BCUT2D eigenvalue weighted by Gasteiger charge is 2.16. The minimum atomic E-state index is -0.0418. The van der Waals surface area contributed by atoms with Gasteiger partial charge in [0.15, 0.2) is 11.0 Å². The highest BCUT2D eigenvalue weighted by Crippen LogP contribution is 2.31. The number of nitrogens with one attached hydrogen (secondary N) is 1. The minimum absolute atomic E-state index is 0.0418. The second kappa shape index (κ2) is 8.92. The monoisotopic (exact) mass is 414 g/mol. The second-order valence-electron chi connectivity index (χ2n) is 7.16. The molecule has 2 heterocycles. The van der Waals surface area contributed by atoms with Crippen molar-refractivity contribution >= 4 is 34.7 Å². The van der Waals surface area contributed by atoms with Gasteiger partial charge in [0, 0.05) is 28.1 Å². The molecule has 0 fully saturated rings. The molecule has 0 spiro atoms. The van der Waals surface area contributed by atoms with E-state index in [0.29, 0.717) is 11.7 Å². The second-order valence-corrected chi connectivity index (χ2v) is 9.04. The Balaban J connectivity index is 1.69. The molecule has 0 atom stereocenters. The molecule has 1 aromatic carbocycles. The molecule has 3 rings (SSSR count). The van der Waals surface area contributed by atoms with Crippen LogP contribution in [0.2, 0.25) is 0 Å². The third-order valence-corrected chi connectivity index (χ3v) is 6.52. The van der Waals surface area contributed by atoms with Crippen molar-refractivity contribution in [1.82, 2.24) is 14.8 Å². The van der Waals surface area contributed by atoms with Crippen LogP contribution >= 0.6 is 23.1 Å². The van der Waals surface area contributed by atoms with E-state index in [2.05, 4.69) is 58.4 Å². The van der Waals surface area contributed by atoms with Gasteiger partial charge in [0.05, 0.1) is 5.75 Å². The van der Waals surface area contributed by atoms with Gasteiger partial charge in [-0.2, -0.15) is 0 Å². The van der Waals surface area contributed by atoms with Gasteiger partial charge in [-0.05, 0) is 56.0 Å². The Morgan fingerprint density at radius 3 is 2.50 bits per heavy atom. The first kappa shape index (κ1) is 20.6. The van der Waals surface area contributed by atoms with Crippen LogP contribution in [0.15, 0.2) is 34.8 Å². The summed E-state index contributed by atoms with van der Waals surface area (Å²) in [6.45, 7) is 11.3. The Kier molecular flexibility index (Phi) is 6.57. The van der Waals surface area contributed by atoms with E-state index < -0.39 is 0 Å². The van der Waals surface area contributed by atoms with E-state index in [4.69, 9.17) is 0 Å². The number of benzene rings is 1. The van der Waals surface area contributed by atoms with Crippen molar-refractivity contribution < 1.29 is 4.79 Å². The van der Waals surface area contributed by atoms with Crippen LogP contribution in [-0.4, -0.2) is 26.4 Å². The number of thioether (sulfide) groups is 1. The SMILES string of the molecule is CCn1c(SCC(=O)Nc2cc(C)cc(C)c2)nnc1-c1csc(C(C)C)c1. The van der Waals surface area contributed by atoms with E-state index in [1.54, 1.807) is 11.3 Å². The smallest absolute Gasteiger partial charge is 0.234 e. The number of nitrogens with zero attached hydrogens (tertiary/aromatic N) is 3. The highest BCUT2D eigenvalue weighted by atomic mass is 32.2. The van der Waals surface area contributed by atoms with Gasteiger partial charge in [-0.15, -0.1) is 21.5 Å². The molecule has 2 aromatic heterocycles. The number of hydrogen-bond acceptors (Lipinski definition) is 5. The number of hydrogen-bond donors (Lipinski definition) is 1. The van der Waals surface area contributed by atoms with E-state index in [1.807, 2.05) is 26.0 Å². The summed E-state index contributed by atoms with van der Waals surface area (Å²) in [5.41, 5.74) is 4.19. The van der Waals surface area contributed by atoms with Crippen LogP contribution in [0, 0.1) is 13.8 Å². The van der Waals surface area contributed by atoms with Crippen molar-refractivity contribution in [2.75, 3.05) is 11.1 Å². The average molecular weight is 415 g/mol. The first-order valence-corrected chi connectivity index (χ1v) is 11.3. The number of amides is 1. The molecule has 1 N–H and O–H groups in total. The van der Waals surface area contributed by atoms with Crippen LogP contribution in [-0.2, 0) is 11.3 Å². The summed E-state index contributed by atoms with van der Waals surface area (Å²) in [6.07, 6.45) is 0. The van der Waals surface area contributed by atoms with Gasteiger partial charge in [-0.25, -0.2) is 0 Å². The van der Waals surface area contributed by atoms with Crippen molar-refractivity contribution in [3.63, 3.8) is 0 Å². The van der Waals surface area contributed by atoms with Gasteiger partial charge in [0.1, 0.15) is 0 Å². The fraction of sp³-hybridized carbons (Fsp3) is 0.381. The number of aryl methyl sites for hydroxylation is 2. The summed E-state index contributed by atoms with van der Waals surface area (Å²) in [7, 11) is 0. The maximum absolute atomic E-state index is 12.4. The summed E-state index contributed by atoms with van der Waals surface area (Å²) in [5.74, 6) is 1.62. The highest BCUT2D eigenvalue weighted by molar-refractivity contribution is 7.99. The lowest BCUT2D eigenvalue weighted by atomic mass is 10.1. The standard InChI is InChI=1S/C21H26N4OS2/c1-6-25-20(16-10-18(13(2)3)27-11-16)23-24-21(25)28-12-19(26)22-17-8-14(4)7-15(5)9-17/h7-11,13H,6,12H2,1-5H3,(H,22,26). The fourth-order valence-electron chi connectivity index (χ4n) is 3.04. The molecule has 0 aliphatic heterocycles. The van der Waals surface area contributed by atoms with Crippen molar-refractivity contribution in [2.45, 2.75) is 52.2 Å². The van der Waals surface area contributed by atoms with Crippen LogP contribution < -0.4 is 5.32 Å². The fourth-order valence-corrected chi connectivity index (χ4v) is 4.75. The van der Waals surface area contributed by atoms with E-state index >= 15 is 0 Å². The lowest BCUT2D eigenvalue weighted by Gasteiger charge is -2.08. The van der Waals surface area contributed by atoms with Gasteiger partial charge < -0.3 is 9.88 Å². The van der Waals surface area contributed by atoms with E-state index in [-0.39, 0.29) is 5.91 Å². The van der Waals surface area contributed by atoms with Crippen molar-refractivity contribution in [2.24, 2.45) is 0 Å². The zero-order valence-corrected chi connectivity index (χ0v) is 18.6. The molecular weight excluding hydrogens is 388 g/mol. The predicted molar refractivity (Wildman–Crippen MR) is 118 cm³/mol. The van der Waals surface area contributed by atoms with Gasteiger partial charge in [-0.1, -0.05) is 31.7 Å². The molecule has 0 saturated heterocycles. The van der Waals surface area contributed by atoms with Gasteiger partial charge in [-0.3, -0.25) is 4.79 Å². The Hall–Kier alpha value is -2.12. The summed E-state index contributed by atoms with van der Waals surface area (Å²) in [4.78, 5) is 13.7. The van der Waals surface area contributed by atoms with Crippen LogP contribution in [0.1, 0.15) is 42.7 Å². The lowest BCUT2D eigenvalue weighted by Crippen LogP contribution is -2.15. The number of carbonyl (C=O) groups is 1. The maximum Gasteiger partial charge on any atom is 0.234 e. The number of carbonyl (C=O) groups excluding carboxylic acids is 1. The zero-order chi connectivity index (χ0) is 20.3. The first-order chi connectivity index (χ1) is 13.4. The largest absolute Gasteiger partial charge is 0.325 e. The third kappa shape index (κ3) is 4.83. The maximum atomic E-state index is 12.4. The molecule has 0 radical (unpaired) electrons. The molecule has 28 heavy (non-hydrogen) atoms. The summed E-state index contributed by atoms with van der Waals surface area (Å²) in [5, 5.41) is 14.6. The number of rotatable bonds is 7. The zero-order valence-electron chi connectivity index (χ0n) is 16.9. The third-order valence-electron chi connectivity index (χ3n) is 4.32. The molecule has 3 aromatic rings. The van der Waals surface area contributed by atoms with Gasteiger partial charge >= 0.3 is 0 Å². The van der Waals surface area contributed by atoms with Crippen molar-refractivity contribution in [3.8, 4) is 11.4 Å². The van der Waals surface area contributed by atoms with Crippen LogP contribution in [0.3, 0.4) is 0 Å². The first-order valence-electron chi connectivity index (χ1n) is 9.40.